The van der Waals surface area contributed by atoms with Crippen LogP contribution in [0.25, 0.3) is 0 Å². The lowest BCUT2D eigenvalue weighted by Crippen LogP contribution is -2.30. The van der Waals surface area contributed by atoms with Gasteiger partial charge >= 0.3 is 6.03 Å². The van der Waals surface area contributed by atoms with Crippen molar-refractivity contribution in [2.24, 2.45) is 0 Å². The Morgan fingerprint density at radius 1 is 1.17 bits per heavy atom. The van der Waals surface area contributed by atoms with Gasteiger partial charge in [0.2, 0.25) is 0 Å². The van der Waals surface area contributed by atoms with E-state index in [0.717, 1.165) is 11.1 Å². The molecule has 0 aliphatic heterocycles. The highest BCUT2D eigenvalue weighted by Crippen LogP contribution is 2.26. The van der Waals surface area contributed by atoms with Gasteiger partial charge in [0.05, 0.1) is 5.69 Å². The average Bonchev–Trinajstić information content (AvgIpc) is 2.56. The second kappa shape index (κ2) is 8.80. The highest BCUT2D eigenvalue weighted by atomic mass is 16.5. The number of amides is 2. The third-order valence-corrected chi connectivity index (χ3v) is 3.24. The van der Waals surface area contributed by atoms with Gasteiger partial charge in [0, 0.05) is 13.2 Å². The van der Waals surface area contributed by atoms with Crippen LogP contribution < -0.4 is 15.4 Å². The maximum absolute atomic E-state index is 11.8. The summed E-state index contributed by atoms with van der Waals surface area (Å²) in [5.74, 6) is 0.631. The smallest absolute Gasteiger partial charge is 0.319 e. The number of aliphatic hydroxyl groups excluding tert-OH is 1. The van der Waals surface area contributed by atoms with Crippen molar-refractivity contribution in [3.63, 3.8) is 0 Å². The zero-order chi connectivity index (χ0) is 16.5. The predicted octanol–water partition coefficient (Wildman–Crippen LogP) is 3.08. The van der Waals surface area contributed by atoms with Gasteiger partial charge < -0.3 is 20.5 Å². The molecular weight excluding hydrogens is 292 g/mol. The van der Waals surface area contributed by atoms with E-state index in [9.17, 15) is 4.79 Å². The van der Waals surface area contributed by atoms with E-state index in [4.69, 9.17) is 9.84 Å². The van der Waals surface area contributed by atoms with Crippen molar-refractivity contribution in [3.05, 3.63) is 59.7 Å². The molecule has 0 aliphatic rings. The van der Waals surface area contributed by atoms with Crippen molar-refractivity contribution < 1.29 is 14.6 Å². The highest BCUT2D eigenvalue weighted by molar-refractivity contribution is 5.90. The lowest BCUT2D eigenvalue weighted by Gasteiger charge is -2.14. The number of ether oxygens (including phenoxy) is 1. The monoisotopic (exact) mass is 314 g/mol. The fourth-order valence-electron chi connectivity index (χ4n) is 2.04. The molecule has 23 heavy (non-hydrogen) atoms. The molecule has 0 unspecified atom stereocenters. The lowest BCUT2D eigenvalue weighted by atomic mass is 10.2. The van der Waals surface area contributed by atoms with Crippen molar-refractivity contribution in [3.8, 4) is 5.75 Å². The fraction of sp³-hybridized carbons (Fsp3) is 0.278. The van der Waals surface area contributed by atoms with Gasteiger partial charge in [-0.25, -0.2) is 4.79 Å². The Morgan fingerprint density at radius 3 is 2.70 bits per heavy atom. The fourth-order valence-corrected chi connectivity index (χ4v) is 2.04. The lowest BCUT2D eigenvalue weighted by molar-refractivity contribution is 0.248. The largest absolute Gasteiger partial charge is 0.487 e. The second-order valence-corrected chi connectivity index (χ2v) is 5.23. The summed E-state index contributed by atoms with van der Waals surface area (Å²) in [5.41, 5.74) is 2.74. The van der Waals surface area contributed by atoms with Gasteiger partial charge in [0.15, 0.2) is 0 Å². The molecule has 3 N–H and O–H groups in total. The minimum atomic E-state index is -0.313. The molecule has 0 atom stereocenters. The molecule has 0 aliphatic carbocycles. The Morgan fingerprint density at radius 2 is 1.96 bits per heavy atom. The molecule has 2 aromatic carbocycles. The number of aliphatic hydroxyl groups is 1. The summed E-state index contributed by atoms with van der Waals surface area (Å²) < 4.78 is 5.85. The second-order valence-electron chi connectivity index (χ2n) is 5.23. The number of carbonyl (C=O) groups is 1. The summed E-state index contributed by atoms with van der Waals surface area (Å²) in [4.78, 5) is 11.8. The minimum Gasteiger partial charge on any atom is -0.487 e. The third kappa shape index (κ3) is 5.64. The number of hydrogen-bond donors (Lipinski definition) is 3. The van der Waals surface area contributed by atoms with E-state index in [1.807, 2.05) is 55.5 Å². The number of rotatable bonds is 7. The number of carbonyl (C=O) groups excluding carboxylic acids is 1. The van der Waals surface area contributed by atoms with Crippen molar-refractivity contribution >= 4 is 11.7 Å². The maximum Gasteiger partial charge on any atom is 0.319 e. The van der Waals surface area contributed by atoms with Crippen LogP contribution in [0.2, 0.25) is 0 Å². The molecule has 0 saturated heterocycles. The average molecular weight is 314 g/mol. The number of benzene rings is 2. The molecule has 0 heterocycles. The van der Waals surface area contributed by atoms with E-state index in [-0.39, 0.29) is 12.6 Å². The number of aryl methyl sites for hydroxylation is 1. The Balaban J connectivity index is 2.00. The molecule has 5 nitrogen and oxygen atoms in total. The first kappa shape index (κ1) is 16.8. The van der Waals surface area contributed by atoms with Gasteiger partial charge in [0.25, 0.3) is 0 Å². The van der Waals surface area contributed by atoms with Gasteiger partial charge in [-0.15, -0.1) is 0 Å². The first-order valence-corrected chi connectivity index (χ1v) is 7.62. The quantitative estimate of drug-likeness (QED) is 0.688. The highest BCUT2D eigenvalue weighted by Gasteiger charge is 2.08. The molecule has 0 aromatic heterocycles. The van der Waals surface area contributed by atoms with Crippen LogP contribution in [0.3, 0.4) is 0 Å². The molecule has 0 radical (unpaired) electrons. The number of anilines is 1. The molecule has 0 saturated carbocycles. The summed E-state index contributed by atoms with van der Waals surface area (Å²) >= 11 is 0. The molecule has 0 bridgehead atoms. The van der Waals surface area contributed by atoms with E-state index in [0.29, 0.717) is 31.0 Å². The summed E-state index contributed by atoms with van der Waals surface area (Å²) in [5, 5.41) is 14.2. The molecular formula is C18H22N2O3. The zero-order valence-corrected chi connectivity index (χ0v) is 13.2. The van der Waals surface area contributed by atoms with Gasteiger partial charge in [-0.1, -0.05) is 36.4 Å². The Kier molecular flexibility index (Phi) is 6.44. The maximum atomic E-state index is 11.8. The predicted molar refractivity (Wildman–Crippen MR) is 90.7 cm³/mol. The van der Waals surface area contributed by atoms with Crippen molar-refractivity contribution in [1.82, 2.24) is 5.32 Å². The first-order chi connectivity index (χ1) is 11.2. The van der Waals surface area contributed by atoms with Gasteiger partial charge in [-0.3, -0.25) is 0 Å². The summed E-state index contributed by atoms with van der Waals surface area (Å²) in [6.07, 6.45) is 0.526. The van der Waals surface area contributed by atoms with Crippen LogP contribution in [0.15, 0.2) is 48.5 Å². The first-order valence-electron chi connectivity index (χ1n) is 7.62. The van der Waals surface area contributed by atoms with Gasteiger partial charge in [-0.2, -0.15) is 0 Å². The van der Waals surface area contributed by atoms with Crippen molar-refractivity contribution in [2.75, 3.05) is 18.5 Å². The normalized spacial score (nSPS) is 10.2. The minimum absolute atomic E-state index is 0.0518. The Labute approximate surface area is 136 Å². The van der Waals surface area contributed by atoms with Crippen molar-refractivity contribution in [2.45, 2.75) is 20.0 Å². The molecule has 5 heteroatoms. The van der Waals surface area contributed by atoms with E-state index < -0.39 is 0 Å². The molecule has 2 aromatic rings. The zero-order valence-electron chi connectivity index (χ0n) is 13.2. The van der Waals surface area contributed by atoms with E-state index >= 15 is 0 Å². The summed E-state index contributed by atoms with van der Waals surface area (Å²) in [6.45, 7) is 2.89. The van der Waals surface area contributed by atoms with Gasteiger partial charge in [-0.05, 0) is 36.6 Å². The molecule has 2 rings (SSSR count). The van der Waals surface area contributed by atoms with E-state index in [2.05, 4.69) is 10.6 Å². The Bertz CT molecular complexity index is 629. The number of nitrogens with one attached hydrogen (secondary N) is 2. The van der Waals surface area contributed by atoms with Crippen LogP contribution in [-0.4, -0.2) is 24.3 Å². The standard InChI is InChI=1S/C18H22N2O3/c1-14-8-9-16(20-18(22)19-10-5-11-21)17(12-14)23-13-15-6-3-2-4-7-15/h2-4,6-9,12,21H,5,10-11,13H2,1H3,(H2,19,20,22). The Hall–Kier alpha value is -2.53. The van der Waals surface area contributed by atoms with Crippen LogP contribution in [0.4, 0.5) is 10.5 Å². The summed E-state index contributed by atoms with van der Waals surface area (Å²) in [6, 6.07) is 15.2. The van der Waals surface area contributed by atoms with Crippen LogP contribution in [-0.2, 0) is 6.61 Å². The van der Waals surface area contributed by atoms with E-state index in [1.165, 1.54) is 0 Å². The number of hydrogen-bond acceptors (Lipinski definition) is 3. The SMILES string of the molecule is Cc1ccc(NC(=O)NCCCO)c(OCc2ccccc2)c1. The number of urea groups is 1. The topological polar surface area (TPSA) is 70.6 Å². The van der Waals surface area contributed by atoms with Crippen LogP contribution in [0.5, 0.6) is 5.75 Å². The van der Waals surface area contributed by atoms with Crippen LogP contribution >= 0.6 is 0 Å². The van der Waals surface area contributed by atoms with E-state index in [1.54, 1.807) is 0 Å². The van der Waals surface area contributed by atoms with Gasteiger partial charge in [0.1, 0.15) is 12.4 Å². The summed E-state index contributed by atoms with van der Waals surface area (Å²) in [7, 11) is 0. The molecule has 0 fully saturated rings. The van der Waals surface area contributed by atoms with Crippen LogP contribution in [0.1, 0.15) is 17.5 Å². The molecule has 122 valence electrons. The van der Waals surface area contributed by atoms with Crippen molar-refractivity contribution in [1.29, 1.82) is 0 Å². The third-order valence-electron chi connectivity index (χ3n) is 3.24. The van der Waals surface area contributed by atoms with Crippen LogP contribution in [0, 0.1) is 6.92 Å². The molecule has 2 amide bonds. The molecule has 0 spiro atoms.